The van der Waals surface area contributed by atoms with E-state index < -0.39 is 11.9 Å². The van der Waals surface area contributed by atoms with Gasteiger partial charge in [-0.3, -0.25) is 9.59 Å². The molecule has 0 saturated carbocycles. The van der Waals surface area contributed by atoms with Gasteiger partial charge in [0.25, 0.3) is 0 Å². The molecule has 1 atom stereocenters. The molecule has 1 aromatic heterocycles. The van der Waals surface area contributed by atoms with E-state index in [-0.39, 0.29) is 12.5 Å². The number of rotatable bonds is 8. The molecule has 0 aliphatic carbocycles. The van der Waals surface area contributed by atoms with Crippen molar-refractivity contribution in [1.82, 2.24) is 10.3 Å². The molecule has 2 aromatic carbocycles. The first kappa shape index (κ1) is 18.1. The number of benzene rings is 2. The Balaban J connectivity index is 1.56. The number of carboxylic acid groups (broad SMARTS) is 1. The predicted octanol–water partition coefficient (Wildman–Crippen LogP) is 3.29. The molecule has 1 amide bonds. The first-order chi connectivity index (χ1) is 12.6. The van der Waals surface area contributed by atoms with Crippen molar-refractivity contribution in [3.8, 4) is 0 Å². The fourth-order valence-electron chi connectivity index (χ4n) is 2.83. The van der Waals surface area contributed by atoms with Gasteiger partial charge in [0.2, 0.25) is 5.91 Å². The second-order valence-electron chi connectivity index (χ2n) is 6.20. The number of thiazole rings is 1. The van der Waals surface area contributed by atoms with Crippen molar-refractivity contribution in [3.05, 3.63) is 64.6 Å². The molecule has 5 nitrogen and oxygen atoms in total. The van der Waals surface area contributed by atoms with E-state index >= 15 is 0 Å². The molecule has 6 heteroatoms. The van der Waals surface area contributed by atoms with Gasteiger partial charge in [-0.25, -0.2) is 4.98 Å². The minimum absolute atomic E-state index is 0.123. The Bertz CT molecular complexity index is 893. The molecular weight excluding hydrogens is 348 g/mol. The highest BCUT2D eigenvalue weighted by atomic mass is 32.1. The summed E-state index contributed by atoms with van der Waals surface area (Å²) in [5.74, 6) is -1.71. The monoisotopic (exact) mass is 368 g/mol. The number of aromatic nitrogens is 1. The summed E-state index contributed by atoms with van der Waals surface area (Å²) < 4.78 is 0. The van der Waals surface area contributed by atoms with Gasteiger partial charge in [0, 0.05) is 18.3 Å². The Kier molecular flexibility index (Phi) is 5.96. The molecule has 0 bridgehead atoms. The number of aliphatic carboxylic acids is 1. The van der Waals surface area contributed by atoms with Gasteiger partial charge < -0.3 is 10.4 Å². The van der Waals surface area contributed by atoms with Crippen molar-refractivity contribution in [3.63, 3.8) is 0 Å². The van der Waals surface area contributed by atoms with E-state index in [0.29, 0.717) is 19.3 Å². The van der Waals surface area contributed by atoms with E-state index in [4.69, 9.17) is 0 Å². The van der Waals surface area contributed by atoms with Crippen LogP contribution >= 0.6 is 11.3 Å². The topological polar surface area (TPSA) is 79.3 Å². The third-order valence-corrected chi connectivity index (χ3v) is 4.92. The Morgan fingerprint density at radius 3 is 2.69 bits per heavy atom. The molecule has 0 spiro atoms. The van der Waals surface area contributed by atoms with Gasteiger partial charge in [-0.2, -0.15) is 0 Å². The van der Waals surface area contributed by atoms with E-state index in [9.17, 15) is 14.7 Å². The van der Waals surface area contributed by atoms with Crippen LogP contribution in [0.1, 0.15) is 17.7 Å². The van der Waals surface area contributed by atoms with E-state index in [1.54, 1.807) is 5.51 Å². The number of carbonyl (C=O) groups is 2. The highest BCUT2D eigenvalue weighted by Gasteiger charge is 2.19. The van der Waals surface area contributed by atoms with Gasteiger partial charge in [-0.15, -0.1) is 11.3 Å². The Morgan fingerprint density at radius 1 is 1.15 bits per heavy atom. The number of nitrogens with one attached hydrogen (secondary N) is 1. The summed E-state index contributed by atoms with van der Waals surface area (Å²) in [4.78, 5) is 27.7. The third-order valence-electron chi connectivity index (χ3n) is 4.28. The van der Waals surface area contributed by atoms with Crippen LogP contribution in [0.2, 0.25) is 0 Å². The minimum atomic E-state index is -0.905. The third kappa shape index (κ3) is 4.89. The van der Waals surface area contributed by atoms with Crippen molar-refractivity contribution in [2.24, 2.45) is 5.92 Å². The quantitative estimate of drug-likeness (QED) is 0.639. The van der Waals surface area contributed by atoms with Gasteiger partial charge in [0.05, 0.1) is 17.1 Å². The second kappa shape index (κ2) is 8.58. The lowest BCUT2D eigenvalue weighted by Crippen LogP contribution is -2.34. The fraction of sp³-hybridized carbons (Fsp3) is 0.250. The summed E-state index contributed by atoms with van der Waals surface area (Å²) in [7, 11) is 0. The number of hydrogen-bond donors (Lipinski definition) is 2. The van der Waals surface area contributed by atoms with Crippen LogP contribution in [0.5, 0.6) is 0 Å². The Labute approximate surface area is 155 Å². The fourth-order valence-corrected chi connectivity index (χ4v) is 3.42. The normalized spacial score (nSPS) is 12.0. The average molecular weight is 368 g/mol. The Morgan fingerprint density at radius 2 is 1.96 bits per heavy atom. The van der Waals surface area contributed by atoms with Crippen LogP contribution in [0.3, 0.4) is 0 Å². The van der Waals surface area contributed by atoms with Crippen molar-refractivity contribution < 1.29 is 14.7 Å². The SMILES string of the molecule is O=C(CCc1cscn1)NCC(Cc1ccc2ccccc2c1)C(=O)O. The molecule has 1 heterocycles. The molecule has 0 fully saturated rings. The van der Waals surface area contributed by atoms with Crippen molar-refractivity contribution >= 4 is 34.0 Å². The maximum atomic E-state index is 12.0. The number of carboxylic acids is 1. The first-order valence-corrected chi connectivity index (χ1v) is 9.40. The van der Waals surface area contributed by atoms with Crippen LogP contribution in [-0.2, 0) is 22.4 Å². The van der Waals surface area contributed by atoms with Gasteiger partial charge >= 0.3 is 5.97 Å². The van der Waals surface area contributed by atoms with Crippen molar-refractivity contribution in [2.75, 3.05) is 6.54 Å². The zero-order valence-corrected chi connectivity index (χ0v) is 15.0. The summed E-state index contributed by atoms with van der Waals surface area (Å²) >= 11 is 1.49. The minimum Gasteiger partial charge on any atom is -0.481 e. The number of carbonyl (C=O) groups excluding carboxylic acids is 1. The highest BCUT2D eigenvalue weighted by molar-refractivity contribution is 7.07. The number of nitrogens with zero attached hydrogens (tertiary/aromatic N) is 1. The lowest BCUT2D eigenvalue weighted by atomic mass is 9.97. The molecule has 2 N–H and O–H groups in total. The maximum Gasteiger partial charge on any atom is 0.308 e. The number of amides is 1. The molecule has 0 saturated heterocycles. The van der Waals surface area contributed by atoms with E-state index in [2.05, 4.69) is 10.3 Å². The lowest BCUT2D eigenvalue weighted by Gasteiger charge is -2.14. The van der Waals surface area contributed by atoms with E-state index in [1.165, 1.54) is 11.3 Å². The number of fused-ring (bicyclic) bond motifs is 1. The van der Waals surface area contributed by atoms with Gasteiger partial charge in [0.1, 0.15) is 0 Å². The summed E-state index contributed by atoms with van der Waals surface area (Å²) in [6.07, 6.45) is 1.26. The summed E-state index contributed by atoms with van der Waals surface area (Å²) in [6.45, 7) is 0.123. The summed E-state index contributed by atoms with van der Waals surface area (Å²) in [5, 5.41) is 16.3. The number of hydrogen-bond acceptors (Lipinski definition) is 4. The molecule has 0 radical (unpaired) electrons. The van der Waals surface area contributed by atoms with Crippen LogP contribution in [0.25, 0.3) is 10.8 Å². The van der Waals surface area contributed by atoms with Gasteiger partial charge in [0.15, 0.2) is 0 Å². The van der Waals surface area contributed by atoms with E-state index in [0.717, 1.165) is 22.0 Å². The number of aryl methyl sites for hydroxylation is 1. The van der Waals surface area contributed by atoms with Crippen LogP contribution in [0.4, 0.5) is 0 Å². The maximum absolute atomic E-state index is 12.0. The summed E-state index contributed by atoms with van der Waals surface area (Å²) in [5.41, 5.74) is 3.57. The molecule has 1 unspecified atom stereocenters. The molecule has 3 rings (SSSR count). The molecule has 0 aliphatic heterocycles. The van der Waals surface area contributed by atoms with Crippen LogP contribution in [0.15, 0.2) is 53.4 Å². The summed E-state index contributed by atoms with van der Waals surface area (Å²) in [6, 6.07) is 13.9. The van der Waals surface area contributed by atoms with Crippen molar-refractivity contribution in [1.29, 1.82) is 0 Å². The largest absolute Gasteiger partial charge is 0.481 e. The lowest BCUT2D eigenvalue weighted by molar-refractivity contribution is -0.141. The molecule has 3 aromatic rings. The van der Waals surface area contributed by atoms with Crippen molar-refractivity contribution in [2.45, 2.75) is 19.3 Å². The first-order valence-electron chi connectivity index (χ1n) is 8.46. The highest BCUT2D eigenvalue weighted by Crippen LogP contribution is 2.18. The molecule has 26 heavy (non-hydrogen) atoms. The molecule has 134 valence electrons. The Hall–Kier alpha value is -2.73. The van der Waals surface area contributed by atoms with Crippen LogP contribution in [0, 0.1) is 5.92 Å². The van der Waals surface area contributed by atoms with Crippen LogP contribution in [-0.4, -0.2) is 28.5 Å². The molecule has 0 aliphatic rings. The smallest absolute Gasteiger partial charge is 0.308 e. The second-order valence-corrected chi connectivity index (χ2v) is 6.92. The molecular formula is C20H20N2O3S. The standard InChI is InChI=1S/C20H20N2O3S/c23-19(8-7-18-12-26-13-22-18)21-11-17(20(24)25)10-14-5-6-15-3-1-2-4-16(15)9-14/h1-6,9,12-13,17H,7-8,10-11H2,(H,21,23)(H,24,25). The zero-order chi connectivity index (χ0) is 18.4. The average Bonchev–Trinajstić information content (AvgIpc) is 3.16. The van der Waals surface area contributed by atoms with E-state index in [1.807, 2.05) is 47.8 Å². The van der Waals surface area contributed by atoms with Crippen LogP contribution < -0.4 is 5.32 Å². The van der Waals surface area contributed by atoms with Gasteiger partial charge in [-0.1, -0.05) is 42.5 Å². The van der Waals surface area contributed by atoms with Gasteiger partial charge in [-0.05, 0) is 29.2 Å². The zero-order valence-electron chi connectivity index (χ0n) is 14.2. The predicted molar refractivity (Wildman–Crippen MR) is 102 cm³/mol.